The van der Waals surface area contributed by atoms with Gasteiger partial charge in [-0.25, -0.2) is 8.42 Å². The van der Waals surface area contributed by atoms with Gasteiger partial charge in [0.1, 0.15) is 5.69 Å². The quantitative estimate of drug-likeness (QED) is 0.522. The second-order valence-corrected chi connectivity index (χ2v) is 7.42. The Bertz CT molecular complexity index is 704. The van der Waals surface area contributed by atoms with Crippen LogP contribution in [0.3, 0.4) is 0 Å². The van der Waals surface area contributed by atoms with Gasteiger partial charge in [-0.2, -0.15) is 0 Å². The Balaban J connectivity index is 3.29. The van der Waals surface area contributed by atoms with Crippen LogP contribution in [0, 0.1) is 20.2 Å². The molecule has 0 fully saturated rings. The van der Waals surface area contributed by atoms with Gasteiger partial charge >= 0.3 is 0 Å². The average Bonchev–Trinajstić information content (AvgIpc) is 2.47. The molecule has 0 bridgehead atoms. The van der Waals surface area contributed by atoms with Gasteiger partial charge in [-0.05, 0) is 19.9 Å². The molecule has 0 aromatic heterocycles. The first-order chi connectivity index (χ1) is 10.6. The second kappa shape index (κ2) is 7.36. The highest BCUT2D eigenvalue weighted by Crippen LogP contribution is 2.33. The second-order valence-electron chi connectivity index (χ2n) is 5.02. The van der Waals surface area contributed by atoms with Gasteiger partial charge in [0.15, 0.2) is 9.84 Å². The van der Waals surface area contributed by atoms with Crippen molar-refractivity contribution < 1.29 is 18.3 Å². The van der Waals surface area contributed by atoms with E-state index in [9.17, 15) is 28.6 Å². The molecule has 23 heavy (non-hydrogen) atoms. The van der Waals surface area contributed by atoms with Gasteiger partial charge in [-0.15, -0.1) is 0 Å². The zero-order chi connectivity index (χ0) is 17.8. The minimum Gasteiger partial charge on any atom is -0.363 e. The molecule has 0 radical (unpaired) electrons. The molecule has 1 rings (SSSR count). The van der Waals surface area contributed by atoms with E-state index in [4.69, 9.17) is 0 Å². The van der Waals surface area contributed by atoms with Crippen molar-refractivity contribution >= 4 is 26.9 Å². The number of nitro groups is 2. The molecule has 0 aliphatic rings. The van der Waals surface area contributed by atoms with E-state index in [1.54, 1.807) is 18.7 Å². The van der Waals surface area contributed by atoms with E-state index < -0.39 is 31.4 Å². The first-order valence-electron chi connectivity index (χ1n) is 7.02. The van der Waals surface area contributed by atoms with Crippen molar-refractivity contribution in [3.05, 3.63) is 38.4 Å². The van der Waals surface area contributed by atoms with Crippen molar-refractivity contribution in [3.8, 4) is 0 Å². The van der Waals surface area contributed by atoms with E-state index in [0.29, 0.717) is 6.54 Å². The van der Waals surface area contributed by atoms with Crippen LogP contribution in [-0.4, -0.2) is 42.4 Å². The smallest absolute Gasteiger partial charge is 0.299 e. The Hall–Kier alpha value is -2.23. The molecule has 128 valence electrons. The van der Waals surface area contributed by atoms with E-state index >= 15 is 0 Å². The fraction of sp³-hybridized carbons (Fsp3) is 0.538. The number of anilines is 1. The van der Waals surface area contributed by atoms with Crippen LogP contribution < -0.4 is 4.90 Å². The summed E-state index contributed by atoms with van der Waals surface area (Å²) >= 11 is 0. The molecule has 0 saturated heterocycles. The minimum atomic E-state index is -3.26. The molecular weight excluding hydrogens is 326 g/mol. The number of nitrogens with zero attached hydrogens (tertiary/aromatic N) is 3. The number of non-ortho nitro benzene ring substituents is 1. The average molecular weight is 345 g/mol. The van der Waals surface area contributed by atoms with Gasteiger partial charge in [-0.1, -0.05) is 6.92 Å². The van der Waals surface area contributed by atoms with Crippen LogP contribution in [0.1, 0.15) is 20.8 Å². The monoisotopic (exact) mass is 345 g/mol. The molecule has 0 saturated carbocycles. The molecule has 9 nitrogen and oxygen atoms in total. The van der Waals surface area contributed by atoms with Crippen LogP contribution >= 0.6 is 0 Å². The third kappa shape index (κ3) is 4.62. The maximum Gasteiger partial charge on any atom is 0.299 e. The predicted molar refractivity (Wildman–Crippen MR) is 86.6 cm³/mol. The normalized spacial score (nSPS) is 12.7. The van der Waals surface area contributed by atoms with Gasteiger partial charge < -0.3 is 4.90 Å². The zero-order valence-electron chi connectivity index (χ0n) is 13.1. The van der Waals surface area contributed by atoms with E-state index in [0.717, 1.165) is 6.07 Å². The Kier molecular flexibility index (Phi) is 6.02. The van der Waals surface area contributed by atoms with Gasteiger partial charge in [0.25, 0.3) is 11.4 Å². The molecule has 1 atom stereocenters. The van der Waals surface area contributed by atoms with E-state index in [1.165, 1.54) is 19.1 Å². The number of hydrogen-bond acceptors (Lipinski definition) is 7. The Labute approximate surface area is 134 Å². The van der Waals surface area contributed by atoms with Gasteiger partial charge in [0, 0.05) is 24.4 Å². The number of hydrogen-bond donors (Lipinski definition) is 0. The highest BCUT2D eigenvalue weighted by atomic mass is 32.2. The SMILES string of the molecule is CCN(c1ccc([N+](=O)[O-])cc1[N+](=O)[O-])C(C)CS(=O)(=O)CC. The van der Waals surface area contributed by atoms with Crippen molar-refractivity contribution in [2.45, 2.75) is 26.8 Å². The lowest BCUT2D eigenvalue weighted by Gasteiger charge is -2.29. The predicted octanol–water partition coefficient (Wildman–Crippen LogP) is 2.15. The number of benzene rings is 1. The number of nitro benzene ring substituents is 2. The fourth-order valence-electron chi connectivity index (χ4n) is 2.31. The molecule has 0 spiro atoms. The lowest BCUT2D eigenvalue weighted by atomic mass is 10.2. The largest absolute Gasteiger partial charge is 0.363 e. The third-order valence-electron chi connectivity index (χ3n) is 3.48. The lowest BCUT2D eigenvalue weighted by Crippen LogP contribution is -2.38. The van der Waals surface area contributed by atoms with Crippen LogP contribution in [0.15, 0.2) is 18.2 Å². The van der Waals surface area contributed by atoms with Crippen LogP contribution in [0.4, 0.5) is 17.1 Å². The molecule has 0 aliphatic heterocycles. The Morgan fingerprint density at radius 1 is 1.17 bits per heavy atom. The van der Waals surface area contributed by atoms with Crippen molar-refractivity contribution in [1.29, 1.82) is 0 Å². The van der Waals surface area contributed by atoms with E-state index in [2.05, 4.69) is 0 Å². The van der Waals surface area contributed by atoms with Crippen LogP contribution in [0.5, 0.6) is 0 Å². The standard InChI is InChI=1S/C13H19N3O6S/c1-4-14(10(3)9-23(21,22)5-2)12-7-6-11(15(17)18)8-13(12)16(19)20/h6-8,10H,4-5,9H2,1-3H3. The molecule has 0 heterocycles. The summed E-state index contributed by atoms with van der Waals surface area (Å²) < 4.78 is 23.5. The maximum absolute atomic E-state index is 11.8. The first-order valence-corrected chi connectivity index (χ1v) is 8.85. The molecule has 0 amide bonds. The van der Waals surface area contributed by atoms with Gasteiger partial charge in [0.2, 0.25) is 0 Å². The molecule has 1 aromatic rings. The van der Waals surface area contributed by atoms with Gasteiger partial charge in [-0.3, -0.25) is 20.2 Å². The third-order valence-corrected chi connectivity index (χ3v) is 5.35. The summed E-state index contributed by atoms with van der Waals surface area (Å²) in [5.41, 5.74) is -0.631. The summed E-state index contributed by atoms with van der Waals surface area (Å²) in [6, 6.07) is 2.85. The fourth-order valence-corrected chi connectivity index (χ4v) is 3.46. The molecule has 1 unspecified atom stereocenters. The lowest BCUT2D eigenvalue weighted by molar-refractivity contribution is -0.393. The highest BCUT2D eigenvalue weighted by Gasteiger charge is 2.27. The van der Waals surface area contributed by atoms with E-state index in [-0.39, 0.29) is 22.9 Å². The van der Waals surface area contributed by atoms with Crippen LogP contribution in [0.25, 0.3) is 0 Å². The van der Waals surface area contributed by atoms with Crippen LogP contribution in [-0.2, 0) is 9.84 Å². The minimum absolute atomic E-state index is 0.0166. The van der Waals surface area contributed by atoms with Crippen molar-refractivity contribution in [1.82, 2.24) is 0 Å². The zero-order valence-corrected chi connectivity index (χ0v) is 13.9. The van der Waals surface area contributed by atoms with Gasteiger partial charge in [0.05, 0.1) is 21.7 Å². The topological polar surface area (TPSA) is 124 Å². The van der Waals surface area contributed by atoms with Crippen molar-refractivity contribution in [2.75, 3.05) is 23.0 Å². The molecule has 10 heteroatoms. The number of rotatable bonds is 8. The highest BCUT2D eigenvalue weighted by molar-refractivity contribution is 7.91. The summed E-state index contributed by atoms with van der Waals surface area (Å²) in [6.45, 7) is 5.26. The Morgan fingerprint density at radius 2 is 1.78 bits per heavy atom. The summed E-state index contributed by atoms with van der Waals surface area (Å²) in [5.74, 6) is -0.164. The molecule has 1 aromatic carbocycles. The first kappa shape index (κ1) is 18.8. The van der Waals surface area contributed by atoms with E-state index in [1.807, 2.05) is 0 Å². The maximum atomic E-state index is 11.8. The molecule has 0 N–H and O–H groups in total. The summed E-state index contributed by atoms with van der Waals surface area (Å²) in [5, 5.41) is 22.0. The molecular formula is C13H19N3O6S. The molecule has 0 aliphatic carbocycles. The van der Waals surface area contributed by atoms with Crippen molar-refractivity contribution in [3.63, 3.8) is 0 Å². The summed E-state index contributed by atoms with van der Waals surface area (Å²) in [4.78, 5) is 22.1. The Morgan fingerprint density at radius 3 is 2.22 bits per heavy atom. The summed E-state index contributed by atoms with van der Waals surface area (Å²) in [7, 11) is -3.26. The summed E-state index contributed by atoms with van der Waals surface area (Å²) in [6.07, 6.45) is 0. The van der Waals surface area contributed by atoms with Crippen molar-refractivity contribution in [2.24, 2.45) is 0 Å². The number of sulfone groups is 1. The van der Waals surface area contributed by atoms with Crippen LogP contribution in [0.2, 0.25) is 0 Å².